The number of nitrogens with one attached hydrogen (secondary N) is 1. The van der Waals surface area contributed by atoms with Crippen LogP contribution in [-0.4, -0.2) is 37.6 Å². The first-order valence-electron chi connectivity index (χ1n) is 8.24. The van der Waals surface area contributed by atoms with Gasteiger partial charge >= 0.3 is 0 Å². The van der Waals surface area contributed by atoms with E-state index >= 15 is 0 Å². The molecule has 8 heteroatoms. The highest BCUT2D eigenvalue weighted by Gasteiger charge is 2.15. The third kappa shape index (κ3) is 3.32. The van der Waals surface area contributed by atoms with Crippen LogP contribution in [0, 0.1) is 6.92 Å². The molecule has 0 aliphatic heterocycles. The van der Waals surface area contributed by atoms with Crippen LogP contribution in [0.1, 0.15) is 16.1 Å². The van der Waals surface area contributed by atoms with Gasteiger partial charge in [0.1, 0.15) is 5.75 Å². The van der Waals surface area contributed by atoms with E-state index in [1.54, 1.807) is 56.9 Å². The van der Waals surface area contributed by atoms with Crippen molar-refractivity contribution < 1.29 is 9.53 Å². The van der Waals surface area contributed by atoms with Crippen LogP contribution in [0.2, 0.25) is 0 Å². The predicted octanol–water partition coefficient (Wildman–Crippen LogP) is 2.76. The third-order valence-electron chi connectivity index (χ3n) is 4.03. The molecule has 0 saturated heterocycles. The van der Waals surface area contributed by atoms with Crippen molar-refractivity contribution in [2.45, 2.75) is 6.92 Å². The molecule has 134 valence electrons. The highest BCUT2D eigenvalue weighted by molar-refractivity contribution is 6.04. The second-order valence-corrected chi connectivity index (χ2v) is 5.84. The molecule has 1 amide bonds. The van der Waals surface area contributed by atoms with Crippen LogP contribution in [0.3, 0.4) is 0 Å². The monoisotopic (exact) mass is 360 g/mol. The van der Waals surface area contributed by atoms with E-state index in [1.165, 1.54) is 4.52 Å². The number of aryl methyl sites for hydroxylation is 1. The fourth-order valence-corrected chi connectivity index (χ4v) is 2.62. The van der Waals surface area contributed by atoms with Crippen molar-refractivity contribution in [3.05, 3.63) is 66.2 Å². The summed E-state index contributed by atoms with van der Waals surface area (Å²) in [5, 5.41) is 7.25. The summed E-state index contributed by atoms with van der Waals surface area (Å²) in [4.78, 5) is 25.5. The Kier molecular flexibility index (Phi) is 4.21. The largest absolute Gasteiger partial charge is 0.497 e. The zero-order valence-corrected chi connectivity index (χ0v) is 14.7. The summed E-state index contributed by atoms with van der Waals surface area (Å²) in [6.07, 6.45) is 4.99. The molecule has 0 atom stereocenters. The molecule has 0 radical (unpaired) electrons. The summed E-state index contributed by atoms with van der Waals surface area (Å²) in [6.45, 7) is 1.77. The number of rotatable bonds is 4. The van der Waals surface area contributed by atoms with Gasteiger partial charge in [0, 0.05) is 29.8 Å². The van der Waals surface area contributed by atoms with Crippen molar-refractivity contribution in [3.63, 3.8) is 0 Å². The molecule has 3 heterocycles. The number of hydrogen-bond donors (Lipinski definition) is 1. The van der Waals surface area contributed by atoms with E-state index in [9.17, 15) is 4.79 Å². The molecule has 0 saturated carbocycles. The number of carbonyl (C=O) groups excluding carboxylic acids is 1. The topological polar surface area (TPSA) is 94.3 Å². The minimum Gasteiger partial charge on any atom is -0.497 e. The normalized spacial score (nSPS) is 10.7. The first-order valence-corrected chi connectivity index (χ1v) is 8.24. The number of methoxy groups -OCH3 is 1. The van der Waals surface area contributed by atoms with Crippen LogP contribution in [-0.2, 0) is 0 Å². The van der Waals surface area contributed by atoms with Gasteiger partial charge in [-0.1, -0.05) is 0 Å². The molecule has 1 N–H and O–H groups in total. The Bertz CT molecular complexity index is 1110. The molecule has 0 aliphatic rings. The molecule has 0 fully saturated rings. The number of carbonyl (C=O) groups is 1. The van der Waals surface area contributed by atoms with Gasteiger partial charge in [-0.3, -0.25) is 9.78 Å². The number of aromatic nitrogens is 5. The van der Waals surface area contributed by atoms with Crippen molar-refractivity contribution in [2.75, 3.05) is 12.4 Å². The van der Waals surface area contributed by atoms with Gasteiger partial charge in [-0.2, -0.15) is 4.98 Å². The molecule has 4 rings (SSSR count). The van der Waals surface area contributed by atoms with Crippen molar-refractivity contribution in [2.24, 2.45) is 0 Å². The lowest BCUT2D eigenvalue weighted by Crippen LogP contribution is -2.15. The fourth-order valence-electron chi connectivity index (χ4n) is 2.62. The molecule has 3 aromatic heterocycles. The molecule has 0 aliphatic carbocycles. The number of nitrogens with zero attached hydrogens (tertiary/aromatic N) is 5. The lowest BCUT2D eigenvalue weighted by molar-refractivity contribution is 0.102. The molecular weight excluding hydrogens is 344 g/mol. The molecule has 27 heavy (non-hydrogen) atoms. The standard InChI is InChI=1S/C19H16N6O2/c1-12-16(18(26)22-14-5-7-15(27-2)8-6-14)11-25-19(21-12)23-17(24-25)13-4-3-9-20-10-13/h3-11H,1-2H3,(H,22,26). The lowest BCUT2D eigenvalue weighted by Gasteiger charge is -2.08. The van der Waals surface area contributed by atoms with Gasteiger partial charge in [-0.15, -0.1) is 5.10 Å². The van der Waals surface area contributed by atoms with Gasteiger partial charge in [-0.05, 0) is 43.3 Å². The number of anilines is 1. The number of amides is 1. The van der Waals surface area contributed by atoms with E-state index < -0.39 is 0 Å². The minimum atomic E-state index is -0.273. The highest BCUT2D eigenvalue weighted by Crippen LogP contribution is 2.18. The Morgan fingerprint density at radius 1 is 1.15 bits per heavy atom. The lowest BCUT2D eigenvalue weighted by atomic mass is 10.2. The summed E-state index contributed by atoms with van der Waals surface area (Å²) >= 11 is 0. The molecule has 0 spiro atoms. The van der Waals surface area contributed by atoms with Gasteiger partial charge in [0.05, 0.1) is 18.4 Å². The van der Waals surface area contributed by atoms with Gasteiger partial charge in [0.2, 0.25) is 0 Å². The van der Waals surface area contributed by atoms with E-state index in [4.69, 9.17) is 4.74 Å². The zero-order chi connectivity index (χ0) is 18.8. The average molecular weight is 360 g/mol. The Balaban J connectivity index is 1.64. The first-order chi connectivity index (χ1) is 13.1. The minimum absolute atomic E-state index is 0.273. The van der Waals surface area contributed by atoms with Crippen LogP contribution in [0.25, 0.3) is 17.2 Å². The maximum Gasteiger partial charge on any atom is 0.259 e. The van der Waals surface area contributed by atoms with E-state index in [-0.39, 0.29) is 5.91 Å². The van der Waals surface area contributed by atoms with Gasteiger partial charge in [-0.25, -0.2) is 9.50 Å². The van der Waals surface area contributed by atoms with Crippen molar-refractivity contribution in [1.82, 2.24) is 24.6 Å². The Morgan fingerprint density at radius 2 is 1.96 bits per heavy atom. The third-order valence-corrected chi connectivity index (χ3v) is 4.03. The number of fused-ring (bicyclic) bond motifs is 1. The summed E-state index contributed by atoms with van der Waals surface area (Å²) in [7, 11) is 1.59. The Morgan fingerprint density at radius 3 is 2.67 bits per heavy atom. The van der Waals surface area contributed by atoms with Gasteiger partial charge in [0.25, 0.3) is 11.7 Å². The summed E-state index contributed by atoms with van der Waals surface area (Å²) in [6, 6.07) is 10.8. The fraction of sp³-hybridized carbons (Fsp3) is 0.105. The van der Waals surface area contributed by atoms with Crippen LogP contribution < -0.4 is 10.1 Å². The first kappa shape index (κ1) is 16.6. The van der Waals surface area contributed by atoms with Crippen molar-refractivity contribution in [1.29, 1.82) is 0 Å². The van der Waals surface area contributed by atoms with Crippen LogP contribution in [0.5, 0.6) is 5.75 Å². The quantitative estimate of drug-likeness (QED) is 0.601. The molecule has 4 aromatic rings. The number of benzene rings is 1. The summed E-state index contributed by atoms with van der Waals surface area (Å²) in [5.41, 5.74) is 2.43. The van der Waals surface area contributed by atoms with Crippen LogP contribution in [0.15, 0.2) is 55.0 Å². The van der Waals surface area contributed by atoms with Gasteiger partial charge < -0.3 is 10.1 Å². The SMILES string of the molecule is COc1ccc(NC(=O)c2cn3nc(-c4cccnc4)nc3nc2C)cc1. The van der Waals surface area contributed by atoms with E-state index in [0.29, 0.717) is 28.5 Å². The maximum atomic E-state index is 12.7. The molecule has 8 nitrogen and oxygen atoms in total. The average Bonchev–Trinajstić information content (AvgIpc) is 3.11. The van der Waals surface area contributed by atoms with E-state index in [1.807, 2.05) is 12.1 Å². The van der Waals surface area contributed by atoms with E-state index in [2.05, 4.69) is 25.4 Å². The van der Waals surface area contributed by atoms with Crippen molar-refractivity contribution in [3.8, 4) is 17.1 Å². The summed E-state index contributed by atoms with van der Waals surface area (Å²) < 4.78 is 6.62. The summed E-state index contributed by atoms with van der Waals surface area (Å²) in [5.74, 6) is 1.37. The van der Waals surface area contributed by atoms with Crippen molar-refractivity contribution >= 4 is 17.4 Å². The highest BCUT2D eigenvalue weighted by atomic mass is 16.5. The Labute approximate surface area is 154 Å². The van der Waals surface area contributed by atoms with E-state index in [0.717, 1.165) is 11.3 Å². The molecular formula is C19H16N6O2. The maximum absolute atomic E-state index is 12.7. The predicted molar refractivity (Wildman–Crippen MR) is 99.7 cm³/mol. The van der Waals surface area contributed by atoms with Gasteiger partial charge in [0.15, 0.2) is 5.82 Å². The number of ether oxygens (including phenoxy) is 1. The number of pyridine rings is 1. The molecule has 0 unspecified atom stereocenters. The zero-order valence-electron chi connectivity index (χ0n) is 14.7. The molecule has 1 aromatic carbocycles. The Hall–Kier alpha value is -3.81. The van der Waals surface area contributed by atoms with Crippen LogP contribution in [0.4, 0.5) is 5.69 Å². The van der Waals surface area contributed by atoms with Crippen LogP contribution >= 0.6 is 0 Å². The number of hydrogen-bond acceptors (Lipinski definition) is 6. The second-order valence-electron chi connectivity index (χ2n) is 5.84. The smallest absolute Gasteiger partial charge is 0.259 e. The second kappa shape index (κ2) is 6.83. The molecule has 0 bridgehead atoms.